The number of nitrogens with zero attached hydrogens (tertiary/aromatic N) is 4. The minimum Gasteiger partial charge on any atom is -0.309 e. The zero-order valence-electron chi connectivity index (χ0n) is 31.8. The van der Waals surface area contributed by atoms with Crippen LogP contribution in [-0.2, 0) is 0 Å². The second-order valence-electron chi connectivity index (χ2n) is 15.0. The predicted molar refractivity (Wildman–Crippen MR) is 248 cm³/mol. The molecule has 12 aromatic rings. The van der Waals surface area contributed by atoms with Crippen LogP contribution in [0.3, 0.4) is 0 Å². The van der Waals surface area contributed by atoms with Crippen LogP contribution >= 0.6 is 11.3 Å². The molecule has 0 fully saturated rings. The van der Waals surface area contributed by atoms with Crippen LogP contribution in [0.1, 0.15) is 0 Å². The lowest BCUT2D eigenvalue weighted by molar-refractivity contribution is 1.13. The summed E-state index contributed by atoms with van der Waals surface area (Å²) in [4.78, 5) is 11.8. The Balaban J connectivity index is 1.14. The van der Waals surface area contributed by atoms with Crippen molar-refractivity contribution < 1.29 is 0 Å². The Morgan fingerprint density at radius 2 is 0.797 bits per heavy atom. The first-order valence-corrected chi connectivity index (χ1v) is 20.7. The highest BCUT2D eigenvalue weighted by Gasteiger charge is 2.19. The number of para-hydroxylation sites is 4. The van der Waals surface area contributed by atoms with E-state index in [2.05, 4.69) is 215 Å². The number of aromatic nitrogens is 4. The SMILES string of the molecule is c1ccc(-c2ccc(-c3nc(-c4cc(-n5c6ccccc6c6ccccc65)cc(-n5c6ccccc6c6ccccc65)c4)cc(-c4cc5ccccc5s4)n3)cc2)cc1. The molecule has 0 N–H and O–H groups in total. The summed E-state index contributed by atoms with van der Waals surface area (Å²) < 4.78 is 6.05. The summed E-state index contributed by atoms with van der Waals surface area (Å²) in [6, 6.07) is 73.9. The molecule has 0 atom stereocenters. The zero-order chi connectivity index (χ0) is 38.9. The van der Waals surface area contributed by atoms with Gasteiger partial charge in [0.1, 0.15) is 0 Å². The Morgan fingerprint density at radius 1 is 0.339 bits per heavy atom. The Bertz CT molecular complexity index is 3280. The van der Waals surface area contributed by atoms with Crippen LogP contribution in [0.25, 0.3) is 109 Å². The molecule has 0 spiro atoms. The quantitative estimate of drug-likeness (QED) is 0.169. The minimum absolute atomic E-state index is 0.690. The Hall–Kier alpha value is -7.60. The van der Waals surface area contributed by atoms with Gasteiger partial charge in [0.2, 0.25) is 0 Å². The first-order chi connectivity index (χ1) is 29.2. The van der Waals surface area contributed by atoms with Crippen molar-refractivity contribution >= 4 is 65.0 Å². The highest BCUT2D eigenvalue weighted by molar-refractivity contribution is 7.22. The summed E-state index contributed by atoms with van der Waals surface area (Å²) in [5, 5.41) is 6.11. The number of thiophene rings is 1. The third-order valence-electron chi connectivity index (χ3n) is 11.5. The van der Waals surface area contributed by atoms with Crippen molar-refractivity contribution in [2.75, 3.05) is 0 Å². The molecule has 4 nitrogen and oxygen atoms in total. The number of hydrogen-bond donors (Lipinski definition) is 0. The molecule has 12 rings (SSSR count). The molecule has 4 heterocycles. The van der Waals surface area contributed by atoms with Gasteiger partial charge in [0.25, 0.3) is 0 Å². The third-order valence-corrected chi connectivity index (χ3v) is 12.7. The highest BCUT2D eigenvalue weighted by Crippen LogP contribution is 2.40. The number of fused-ring (bicyclic) bond motifs is 7. The largest absolute Gasteiger partial charge is 0.309 e. The van der Waals surface area contributed by atoms with Gasteiger partial charge >= 0.3 is 0 Å². The van der Waals surface area contributed by atoms with E-state index in [9.17, 15) is 0 Å². The van der Waals surface area contributed by atoms with Gasteiger partial charge in [-0.25, -0.2) is 9.97 Å². The van der Waals surface area contributed by atoms with Crippen molar-refractivity contribution in [2.24, 2.45) is 0 Å². The van der Waals surface area contributed by atoms with E-state index in [4.69, 9.17) is 9.97 Å². The van der Waals surface area contributed by atoms with Gasteiger partial charge in [-0.05, 0) is 77.2 Å². The van der Waals surface area contributed by atoms with Gasteiger partial charge in [-0.2, -0.15) is 0 Å². The lowest BCUT2D eigenvalue weighted by atomic mass is 10.0. The maximum absolute atomic E-state index is 5.42. The van der Waals surface area contributed by atoms with Crippen molar-refractivity contribution in [3.05, 3.63) is 206 Å². The van der Waals surface area contributed by atoms with E-state index in [0.717, 1.165) is 66.4 Å². The van der Waals surface area contributed by atoms with Crippen molar-refractivity contribution in [3.8, 4) is 55.7 Å². The van der Waals surface area contributed by atoms with Crippen LogP contribution in [0.5, 0.6) is 0 Å². The normalized spacial score (nSPS) is 11.7. The molecule has 276 valence electrons. The van der Waals surface area contributed by atoms with E-state index in [1.807, 2.05) is 0 Å². The van der Waals surface area contributed by atoms with Gasteiger partial charge in [0.15, 0.2) is 5.82 Å². The molecule has 0 radical (unpaired) electrons. The second-order valence-corrected chi connectivity index (χ2v) is 16.1. The standard InChI is InChI=1S/C54H34N4S/c1-2-14-35(15-3-1)36-26-28-37(29-27-36)54-55-46(34-47(56-54)53-32-38-16-4-13-25-52(38)59-53)39-30-40(57-48-21-9-5-17-42(48)43-18-6-10-22-49(43)57)33-41(31-39)58-50-23-11-7-19-44(50)45-20-8-12-24-51(45)58/h1-34H. The average molecular weight is 771 g/mol. The molecule has 0 aliphatic heterocycles. The lowest BCUT2D eigenvalue weighted by Gasteiger charge is -2.16. The van der Waals surface area contributed by atoms with Gasteiger partial charge < -0.3 is 9.13 Å². The molecule has 0 aliphatic rings. The summed E-state index contributed by atoms with van der Waals surface area (Å²) >= 11 is 1.77. The van der Waals surface area contributed by atoms with Gasteiger partial charge in [-0.15, -0.1) is 11.3 Å². The number of rotatable bonds is 6. The molecule has 4 aromatic heterocycles. The van der Waals surface area contributed by atoms with E-state index < -0.39 is 0 Å². The Labute approximate surface area is 344 Å². The van der Waals surface area contributed by atoms with Crippen LogP contribution in [0.4, 0.5) is 0 Å². The first-order valence-electron chi connectivity index (χ1n) is 19.9. The molecule has 0 aliphatic carbocycles. The minimum atomic E-state index is 0.690. The van der Waals surface area contributed by atoms with Gasteiger partial charge in [0, 0.05) is 48.7 Å². The van der Waals surface area contributed by atoms with Crippen LogP contribution in [-0.4, -0.2) is 19.1 Å². The fraction of sp³-hybridized carbons (Fsp3) is 0. The van der Waals surface area contributed by atoms with Gasteiger partial charge in [-0.1, -0.05) is 146 Å². The van der Waals surface area contributed by atoms with Gasteiger partial charge in [0.05, 0.1) is 38.3 Å². The average Bonchev–Trinajstić information content (AvgIpc) is 4.00. The lowest BCUT2D eigenvalue weighted by Crippen LogP contribution is -2.01. The third kappa shape index (κ3) is 5.58. The number of benzene rings is 8. The van der Waals surface area contributed by atoms with E-state index in [0.29, 0.717) is 5.82 Å². The summed E-state index contributed by atoms with van der Waals surface area (Å²) in [6.07, 6.45) is 0. The molecule has 0 unspecified atom stereocenters. The van der Waals surface area contributed by atoms with Crippen molar-refractivity contribution in [2.45, 2.75) is 0 Å². The molecule has 8 aromatic carbocycles. The van der Waals surface area contributed by atoms with E-state index in [1.165, 1.54) is 37.2 Å². The van der Waals surface area contributed by atoms with Crippen LogP contribution in [0.15, 0.2) is 206 Å². The predicted octanol–water partition coefficient (Wildman–Crippen LogP) is 14.6. The Kier molecular flexibility index (Phi) is 7.68. The van der Waals surface area contributed by atoms with Crippen molar-refractivity contribution in [3.63, 3.8) is 0 Å². The van der Waals surface area contributed by atoms with Gasteiger partial charge in [-0.3, -0.25) is 0 Å². The molecule has 5 heteroatoms. The molecule has 0 bridgehead atoms. The van der Waals surface area contributed by atoms with Crippen LogP contribution < -0.4 is 0 Å². The highest BCUT2D eigenvalue weighted by atomic mass is 32.1. The van der Waals surface area contributed by atoms with E-state index >= 15 is 0 Å². The summed E-state index contributed by atoms with van der Waals surface area (Å²) in [5.74, 6) is 0.690. The van der Waals surface area contributed by atoms with E-state index in [-0.39, 0.29) is 0 Å². The Morgan fingerprint density at radius 3 is 1.36 bits per heavy atom. The van der Waals surface area contributed by atoms with E-state index in [1.54, 1.807) is 11.3 Å². The summed E-state index contributed by atoms with van der Waals surface area (Å²) in [5.41, 5.74) is 12.8. The molecule has 0 saturated carbocycles. The zero-order valence-corrected chi connectivity index (χ0v) is 32.6. The maximum atomic E-state index is 5.42. The molecule has 59 heavy (non-hydrogen) atoms. The fourth-order valence-electron chi connectivity index (χ4n) is 8.80. The molecule has 0 saturated heterocycles. The maximum Gasteiger partial charge on any atom is 0.160 e. The van der Waals surface area contributed by atoms with Crippen molar-refractivity contribution in [1.82, 2.24) is 19.1 Å². The summed E-state index contributed by atoms with van der Waals surface area (Å²) in [7, 11) is 0. The molecule has 0 amide bonds. The van der Waals surface area contributed by atoms with Crippen molar-refractivity contribution in [1.29, 1.82) is 0 Å². The first kappa shape index (κ1) is 33.5. The fourth-order valence-corrected chi connectivity index (χ4v) is 9.83. The monoisotopic (exact) mass is 770 g/mol. The topological polar surface area (TPSA) is 35.6 Å². The molecular weight excluding hydrogens is 737 g/mol. The van der Waals surface area contributed by atoms with Crippen LogP contribution in [0.2, 0.25) is 0 Å². The smallest absolute Gasteiger partial charge is 0.160 e. The number of hydrogen-bond acceptors (Lipinski definition) is 3. The second kappa shape index (κ2) is 13.5. The summed E-state index contributed by atoms with van der Waals surface area (Å²) in [6.45, 7) is 0. The molecular formula is C54H34N4S. The van der Waals surface area contributed by atoms with Crippen LogP contribution in [0, 0.1) is 0 Å².